The molecular weight excluding hydrogens is 475 g/mol. The van der Waals surface area contributed by atoms with Crippen molar-refractivity contribution in [2.75, 3.05) is 31.0 Å². The molecule has 2 heterocycles. The minimum absolute atomic E-state index is 0.0432. The molecule has 12 heteroatoms. The van der Waals surface area contributed by atoms with Crippen molar-refractivity contribution in [1.82, 2.24) is 15.0 Å². The molecule has 0 unspecified atom stereocenters. The summed E-state index contributed by atoms with van der Waals surface area (Å²) in [5.74, 6) is 0.818. The number of hydrogen-bond donors (Lipinski definition) is 2. The highest BCUT2D eigenvalue weighted by Crippen LogP contribution is 2.43. The molecule has 3 rings (SSSR count). The smallest absolute Gasteiger partial charge is 0.177 e. The van der Waals surface area contributed by atoms with Crippen LogP contribution in [0.2, 0.25) is 10.0 Å². The lowest BCUT2D eigenvalue weighted by Crippen LogP contribution is -2.11. The maximum absolute atomic E-state index is 12.0. The molecule has 0 aliphatic heterocycles. The van der Waals surface area contributed by atoms with Crippen molar-refractivity contribution in [3.05, 3.63) is 52.0 Å². The second kappa shape index (κ2) is 9.56. The molecule has 166 valence electrons. The lowest BCUT2D eigenvalue weighted by molar-refractivity contribution is 0.411. The molecule has 0 radical (unpaired) electrons. The summed E-state index contributed by atoms with van der Waals surface area (Å²) in [6, 6.07) is 5.10. The quantitative estimate of drug-likeness (QED) is 0.506. The highest BCUT2D eigenvalue weighted by Gasteiger charge is 2.20. The number of nitrogens with two attached hydrogens (primary N) is 1. The first-order valence-corrected chi connectivity index (χ1v) is 11.8. The molecule has 32 heavy (non-hydrogen) atoms. The topological polar surface area (TPSA) is 144 Å². The molecule has 0 bridgehead atoms. The maximum Gasteiger partial charge on any atom is 0.177 e. The number of nitrogen functional groups attached to an aromatic ring is 1. The molecule has 0 fully saturated rings. The Labute approximate surface area is 195 Å². The van der Waals surface area contributed by atoms with Crippen molar-refractivity contribution in [1.29, 1.82) is 5.26 Å². The molecule has 0 spiro atoms. The normalized spacial score (nSPS) is 11.1. The highest BCUT2D eigenvalue weighted by molar-refractivity contribution is 7.90. The third-order valence-electron chi connectivity index (χ3n) is 4.56. The Hall–Kier alpha value is -3.13. The Balaban J connectivity index is 1.99. The lowest BCUT2D eigenvalue weighted by Gasteiger charge is -2.17. The standard InChI is InChI=1S/C20H18Cl2N6O3S/c1-31-18-11(3-4-26-20-14(7-23)19(24)27-10-28-20)6-15(21)17(22)16(18)12-5-13(9-25-8-12)32(2,29)30/h5-6,8-10H,3-4H2,1-2H3,(H3,24,26,27,28). The van der Waals surface area contributed by atoms with Gasteiger partial charge in [-0.25, -0.2) is 18.4 Å². The lowest BCUT2D eigenvalue weighted by atomic mass is 10.0. The fourth-order valence-electron chi connectivity index (χ4n) is 3.06. The zero-order chi connectivity index (χ0) is 23.5. The van der Waals surface area contributed by atoms with Crippen molar-refractivity contribution in [3.8, 4) is 22.9 Å². The number of hydrogen-bond acceptors (Lipinski definition) is 9. The fraction of sp³-hybridized carbons (Fsp3) is 0.200. The molecule has 0 saturated carbocycles. The van der Waals surface area contributed by atoms with E-state index < -0.39 is 9.84 Å². The van der Waals surface area contributed by atoms with E-state index in [2.05, 4.69) is 20.3 Å². The van der Waals surface area contributed by atoms with Crippen LogP contribution >= 0.6 is 23.2 Å². The molecular formula is C20H18Cl2N6O3S. The van der Waals surface area contributed by atoms with Crippen molar-refractivity contribution in [3.63, 3.8) is 0 Å². The molecule has 3 aromatic rings. The summed E-state index contributed by atoms with van der Waals surface area (Å²) in [6.45, 7) is 0.362. The number of halogens is 2. The molecule has 0 saturated heterocycles. The monoisotopic (exact) mass is 492 g/mol. The van der Waals surface area contributed by atoms with Gasteiger partial charge in [0.15, 0.2) is 9.84 Å². The first-order valence-electron chi connectivity index (χ1n) is 9.12. The van der Waals surface area contributed by atoms with Gasteiger partial charge < -0.3 is 15.8 Å². The van der Waals surface area contributed by atoms with E-state index in [1.54, 1.807) is 6.07 Å². The van der Waals surface area contributed by atoms with Gasteiger partial charge in [-0.1, -0.05) is 23.2 Å². The SMILES string of the molecule is COc1c(CCNc2ncnc(N)c2C#N)cc(Cl)c(Cl)c1-c1cncc(S(C)(=O)=O)c1. The van der Waals surface area contributed by atoms with Gasteiger partial charge in [-0.3, -0.25) is 4.98 Å². The fourth-order valence-corrected chi connectivity index (χ4v) is 4.12. The number of aromatic nitrogens is 3. The Morgan fingerprint density at radius 1 is 1.25 bits per heavy atom. The largest absolute Gasteiger partial charge is 0.496 e. The van der Waals surface area contributed by atoms with Crippen LogP contribution < -0.4 is 15.8 Å². The van der Waals surface area contributed by atoms with Crippen LogP contribution in [0.1, 0.15) is 11.1 Å². The zero-order valence-corrected chi connectivity index (χ0v) is 19.4. The average molecular weight is 493 g/mol. The molecule has 0 atom stereocenters. The van der Waals surface area contributed by atoms with Crippen molar-refractivity contribution < 1.29 is 13.2 Å². The minimum Gasteiger partial charge on any atom is -0.496 e. The molecule has 0 aliphatic carbocycles. The Kier molecular flexibility index (Phi) is 7.03. The second-order valence-corrected chi connectivity index (χ2v) is 9.49. The summed E-state index contributed by atoms with van der Waals surface area (Å²) in [5.41, 5.74) is 7.44. The van der Waals surface area contributed by atoms with E-state index in [1.807, 2.05) is 6.07 Å². The number of nitrogens with zero attached hydrogens (tertiary/aromatic N) is 4. The van der Waals surface area contributed by atoms with Crippen LogP contribution in [0.15, 0.2) is 35.7 Å². The maximum atomic E-state index is 12.0. The van der Waals surface area contributed by atoms with Gasteiger partial charge in [0.1, 0.15) is 35.3 Å². The number of anilines is 2. The molecule has 1 aromatic carbocycles. The second-order valence-electron chi connectivity index (χ2n) is 6.69. The van der Waals surface area contributed by atoms with E-state index in [0.29, 0.717) is 41.2 Å². The van der Waals surface area contributed by atoms with Gasteiger partial charge >= 0.3 is 0 Å². The van der Waals surface area contributed by atoms with E-state index >= 15 is 0 Å². The van der Waals surface area contributed by atoms with Crippen LogP contribution in [-0.4, -0.2) is 43.3 Å². The molecule has 3 N–H and O–H groups in total. The average Bonchev–Trinajstić information content (AvgIpc) is 2.75. The first kappa shape index (κ1) is 23.5. The zero-order valence-electron chi connectivity index (χ0n) is 17.1. The Morgan fingerprint density at radius 3 is 2.66 bits per heavy atom. The van der Waals surface area contributed by atoms with Gasteiger partial charge in [-0.05, 0) is 24.1 Å². The van der Waals surface area contributed by atoms with E-state index in [0.717, 1.165) is 6.26 Å². The van der Waals surface area contributed by atoms with E-state index in [1.165, 1.54) is 31.9 Å². The van der Waals surface area contributed by atoms with Crippen molar-refractivity contribution in [2.45, 2.75) is 11.3 Å². The Bertz CT molecular complexity index is 1330. The van der Waals surface area contributed by atoms with Crippen LogP contribution in [0.5, 0.6) is 5.75 Å². The minimum atomic E-state index is -3.48. The number of ether oxygens (including phenoxy) is 1. The van der Waals surface area contributed by atoms with Crippen LogP contribution in [0.3, 0.4) is 0 Å². The number of methoxy groups -OCH3 is 1. The van der Waals surface area contributed by atoms with Gasteiger partial charge in [0.2, 0.25) is 0 Å². The van der Waals surface area contributed by atoms with Crippen LogP contribution in [-0.2, 0) is 16.3 Å². The predicted octanol–water partition coefficient (Wildman–Crippen LogP) is 3.37. The van der Waals surface area contributed by atoms with E-state index in [9.17, 15) is 13.7 Å². The van der Waals surface area contributed by atoms with Crippen molar-refractivity contribution >= 4 is 44.7 Å². The van der Waals surface area contributed by atoms with E-state index in [4.69, 9.17) is 33.7 Å². The summed E-state index contributed by atoms with van der Waals surface area (Å²) < 4.78 is 29.5. The number of rotatable bonds is 7. The van der Waals surface area contributed by atoms with Gasteiger partial charge in [0.25, 0.3) is 0 Å². The van der Waals surface area contributed by atoms with Crippen LogP contribution in [0.4, 0.5) is 11.6 Å². The van der Waals surface area contributed by atoms with Crippen molar-refractivity contribution in [2.24, 2.45) is 0 Å². The van der Waals surface area contributed by atoms with Gasteiger partial charge in [0, 0.05) is 36.3 Å². The summed E-state index contributed by atoms with van der Waals surface area (Å²) in [7, 11) is -2.00. The summed E-state index contributed by atoms with van der Waals surface area (Å²) in [6.07, 6.45) is 5.52. The molecule has 2 aromatic heterocycles. The summed E-state index contributed by atoms with van der Waals surface area (Å²) >= 11 is 12.8. The van der Waals surface area contributed by atoms with Crippen LogP contribution in [0, 0.1) is 11.3 Å². The molecule has 9 nitrogen and oxygen atoms in total. The third kappa shape index (κ3) is 4.85. The first-order chi connectivity index (χ1) is 15.2. The van der Waals surface area contributed by atoms with E-state index in [-0.39, 0.29) is 26.3 Å². The molecule has 0 aliphatic rings. The molecule has 0 amide bonds. The summed E-state index contributed by atoms with van der Waals surface area (Å²) in [4.78, 5) is 11.9. The number of benzene rings is 1. The van der Waals surface area contributed by atoms with Crippen LogP contribution in [0.25, 0.3) is 11.1 Å². The summed E-state index contributed by atoms with van der Waals surface area (Å²) in [5, 5.41) is 12.8. The highest BCUT2D eigenvalue weighted by atomic mass is 35.5. The number of nitriles is 1. The number of sulfone groups is 1. The predicted molar refractivity (Wildman–Crippen MR) is 123 cm³/mol. The number of pyridine rings is 1. The number of nitrogens with one attached hydrogen (secondary N) is 1. The van der Waals surface area contributed by atoms with Gasteiger partial charge in [0.05, 0.1) is 22.1 Å². The third-order valence-corrected chi connectivity index (χ3v) is 6.43. The Morgan fingerprint density at radius 2 is 2.00 bits per heavy atom. The van der Waals surface area contributed by atoms with Gasteiger partial charge in [-0.15, -0.1) is 0 Å². The van der Waals surface area contributed by atoms with Gasteiger partial charge in [-0.2, -0.15) is 5.26 Å².